The summed E-state index contributed by atoms with van der Waals surface area (Å²) in [7, 11) is 0. The predicted molar refractivity (Wildman–Crippen MR) is 41.2 cm³/mol. The van der Waals surface area contributed by atoms with E-state index in [1.54, 1.807) is 6.08 Å². The van der Waals surface area contributed by atoms with E-state index in [1.807, 2.05) is 0 Å². The van der Waals surface area contributed by atoms with Gasteiger partial charge in [0.05, 0.1) is 13.2 Å². The number of carboxylic acids is 1. The van der Waals surface area contributed by atoms with Crippen LogP contribution < -0.4 is 5.73 Å². The molecule has 1 unspecified atom stereocenters. The zero-order chi connectivity index (χ0) is 8.69. The second-order valence-corrected chi connectivity index (χ2v) is 2.10. The Hall–Kier alpha value is -0.870. The Bertz CT molecular complexity index is 136. The van der Waals surface area contributed by atoms with Crippen molar-refractivity contribution in [3.05, 3.63) is 12.7 Å². The van der Waals surface area contributed by atoms with E-state index in [0.717, 1.165) is 0 Å². The molecule has 0 spiro atoms. The summed E-state index contributed by atoms with van der Waals surface area (Å²) in [6.07, 6.45) is 2.42. The largest absolute Gasteiger partial charge is 0.480 e. The molecular formula is C7H13NO3. The van der Waals surface area contributed by atoms with E-state index >= 15 is 0 Å². The highest BCUT2D eigenvalue weighted by Crippen LogP contribution is 1.85. The van der Waals surface area contributed by atoms with E-state index in [1.165, 1.54) is 0 Å². The Balaban J connectivity index is 3.24. The number of hydrogen-bond acceptors (Lipinski definition) is 3. The molecule has 4 nitrogen and oxygen atoms in total. The molecule has 0 saturated carbocycles. The van der Waals surface area contributed by atoms with E-state index < -0.39 is 12.0 Å². The van der Waals surface area contributed by atoms with Gasteiger partial charge in [0.1, 0.15) is 6.04 Å². The van der Waals surface area contributed by atoms with Gasteiger partial charge in [-0.1, -0.05) is 6.08 Å². The summed E-state index contributed by atoms with van der Waals surface area (Å²) in [5, 5.41) is 8.31. The van der Waals surface area contributed by atoms with Crippen LogP contribution in [0.2, 0.25) is 0 Å². The van der Waals surface area contributed by atoms with Gasteiger partial charge in [-0.15, -0.1) is 6.58 Å². The van der Waals surface area contributed by atoms with E-state index in [9.17, 15) is 4.79 Å². The van der Waals surface area contributed by atoms with Gasteiger partial charge in [0.25, 0.3) is 0 Å². The maximum atomic E-state index is 10.1. The molecule has 0 heterocycles. The average Bonchev–Trinajstić information content (AvgIpc) is 1.97. The summed E-state index contributed by atoms with van der Waals surface area (Å²) in [6.45, 7) is 4.02. The Labute approximate surface area is 65.6 Å². The molecule has 11 heavy (non-hydrogen) atoms. The van der Waals surface area contributed by atoms with Gasteiger partial charge in [0.2, 0.25) is 0 Å². The van der Waals surface area contributed by atoms with Crippen LogP contribution in [-0.4, -0.2) is 30.3 Å². The van der Waals surface area contributed by atoms with Crippen molar-refractivity contribution >= 4 is 5.97 Å². The fraction of sp³-hybridized carbons (Fsp3) is 0.571. The van der Waals surface area contributed by atoms with Crippen LogP contribution in [0.4, 0.5) is 0 Å². The molecule has 1 atom stereocenters. The summed E-state index contributed by atoms with van der Waals surface area (Å²) in [5.74, 6) is -1.04. The Kier molecular flexibility index (Phi) is 5.42. The lowest BCUT2D eigenvalue weighted by molar-refractivity contribution is -0.139. The van der Waals surface area contributed by atoms with Gasteiger partial charge < -0.3 is 15.6 Å². The molecule has 0 fully saturated rings. The van der Waals surface area contributed by atoms with Gasteiger partial charge in [-0.05, 0) is 6.42 Å². The average molecular weight is 159 g/mol. The lowest BCUT2D eigenvalue weighted by Gasteiger charge is -2.05. The van der Waals surface area contributed by atoms with E-state index in [4.69, 9.17) is 15.6 Å². The first-order valence-electron chi connectivity index (χ1n) is 3.35. The van der Waals surface area contributed by atoms with Crippen LogP contribution in [0.3, 0.4) is 0 Å². The van der Waals surface area contributed by atoms with Crippen LogP contribution >= 0.6 is 0 Å². The van der Waals surface area contributed by atoms with Crippen molar-refractivity contribution in [1.82, 2.24) is 0 Å². The smallest absolute Gasteiger partial charge is 0.322 e. The minimum absolute atomic E-state index is 0.0587. The quantitative estimate of drug-likeness (QED) is 0.422. The van der Waals surface area contributed by atoms with E-state index in [0.29, 0.717) is 13.0 Å². The molecule has 3 N–H and O–H groups in total. The van der Waals surface area contributed by atoms with Gasteiger partial charge in [-0.2, -0.15) is 0 Å². The molecule has 0 rings (SSSR count). The summed E-state index contributed by atoms with van der Waals surface area (Å²) < 4.78 is 4.92. The fourth-order valence-corrected chi connectivity index (χ4v) is 0.448. The molecular weight excluding hydrogens is 146 g/mol. The summed E-state index contributed by atoms with van der Waals surface area (Å²) >= 11 is 0. The Morgan fingerprint density at radius 1 is 1.82 bits per heavy atom. The Morgan fingerprint density at radius 3 is 2.91 bits per heavy atom. The first-order chi connectivity index (χ1) is 5.18. The highest BCUT2D eigenvalue weighted by Gasteiger charge is 2.09. The molecule has 4 heteroatoms. The number of rotatable bonds is 6. The van der Waals surface area contributed by atoms with Crippen molar-refractivity contribution in [2.45, 2.75) is 12.5 Å². The second kappa shape index (κ2) is 5.88. The standard InChI is InChI=1S/C7H13NO3/c1-2-3-4-11-5-6(8)7(9)10/h2,6H,1,3-5,8H2,(H,9,10). The van der Waals surface area contributed by atoms with Crippen molar-refractivity contribution in [3.63, 3.8) is 0 Å². The topological polar surface area (TPSA) is 72.5 Å². The van der Waals surface area contributed by atoms with Gasteiger partial charge in [0.15, 0.2) is 0 Å². The molecule has 64 valence electrons. The predicted octanol–water partition coefficient (Wildman–Crippen LogP) is -0.00900. The SMILES string of the molecule is C=CCCOCC(N)C(=O)O. The second-order valence-electron chi connectivity index (χ2n) is 2.10. The lowest BCUT2D eigenvalue weighted by atomic mass is 10.3. The molecule has 0 bridgehead atoms. The Morgan fingerprint density at radius 2 is 2.45 bits per heavy atom. The van der Waals surface area contributed by atoms with E-state index in [-0.39, 0.29) is 6.61 Å². The number of ether oxygens (including phenoxy) is 1. The number of carbonyl (C=O) groups is 1. The highest BCUT2D eigenvalue weighted by atomic mass is 16.5. The molecule has 0 aromatic rings. The van der Waals surface area contributed by atoms with Crippen LogP contribution in [0.15, 0.2) is 12.7 Å². The number of hydrogen-bond donors (Lipinski definition) is 2. The molecule has 0 aliphatic carbocycles. The third-order valence-corrected chi connectivity index (χ3v) is 1.08. The first kappa shape index (κ1) is 10.1. The maximum absolute atomic E-state index is 10.1. The highest BCUT2D eigenvalue weighted by molar-refractivity contribution is 5.73. The van der Waals surface area contributed by atoms with Gasteiger partial charge >= 0.3 is 5.97 Å². The minimum Gasteiger partial charge on any atom is -0.480 e. The van der Waals surface area contributed by atoms with Crippen LogP contribution in [0, 0.1) is 0 Å². The van der Waals surface area contributed by atoms with Crippen molar-refractivity contribution in [1.29, 1.82) is 0 Å². The molecule has 0 amide bonds. The summed E-state index contributed by atoms with van der Waals surface area (Å²) in [4.78, 5) is 10.1. The van der Waals surface area contributed by atoms with Crippen LogP contribution in [0.1, 0.15) is 6.42 Å². The number of carboxylic acid groups (broad SMARTS) is 1. The first-order valence-corrected chi connectivity index (χ1v) is 3.35. The van der Waals surface area contributed by atoms with Crippen molar-refractivity contribution < 1.29 is 14.6 Å². The zero-order valence-corrected chi connectivity index (χ0v) is 6.32. The molecule has 0 radical (unpaired) electrons. The van der Waals surface area contributed by atoms with Gasteiger partial charge in [-0.25, -0.2) is 0 Å². The molecule has 0 aromatic carbocycles. The van der Waals surface area contributed by atoms with Crippen LogP contribution in [0.5, 0.6) is 0 Å². The number of nitrogens with two attached hydrogens (primary N) is 1. The van der Waals surface area contributed by atoms with Crippen molar-refractivity contribution in [2.75, 3.05) is 13.2 Å². The minimum atomic E-state index is -1.04. The van der Waals surface area contributed by atoms with E-state index in [2.05, 4.69) is 6.58 Å². The van der Waals surface area contributed by atoms with Crippen molar-refractivity contribution in [3.8, 4) is 0 Å². The molecule has 0 aliphatic heterocycles. The van der Waals surface area contributed by atoms with Crippen molar-refractivity contribution in [2.24, 2.45) is 5.73 Å². The molecule has 0 saturated heterocycles. The third kappa shape index (κ3) is 5.57. The van der Waals surface area contributed by atoms with Gasteiger partial charge in [0, 0.05) is 0 Å². The maximum Gasteiger partial charge on any atom is 0.322 e. The molecule has 0 aromatic heterocycles. The number of aliphatic carboxylic acids is 1. The summed E-state index contributed by atoms with van der Waals surface area (Å²) in [5.41, 5.74) is 5.15. The van der Waals surface area contributed by atoms with Gasteiger partial charge in [-0.3, -0.25) is 4.79 Å². The zero-order valence-electron chi connectivity index (χ0n) is 6.32. The third-order valence-electron chi connectivity index (χ3n) is 1.08. The fourth-order valence-electron chi connectivity index (χ4n) is 0.448. The van der Waals surface area contributed by atoms with Crippen LogP contribution in [0.25, 0.3) is 0 Å². The summed E-state index contributed by atoms with van der Waals surface area (Å²) in [6, 6.07) is -0.917. The molecule has 0 aliphatic rings. The lowest BCUT2D eigenvalue weighted by Crippen LogP contribution is -2.34. The monoisotopic (exact) mass is 159 g/mol. The normalized spacial score (nSPS) is 12.5. The van der Waals surface area contributed by atoms with Crippen LogP contribution in [-0.2, 0) is 9.53 Å².